The third-order valence-electron chi connectivity index (χ3n) is 23.3. The number of nitrogens with zero attached hydrogens (tertiary/aromatic N) is 13. The van der Waals surface area contributed by atoms with E-state index in [9.17, 15) is 62.3 Å². The molecule has 39 nitrogen and oxygen atoms in total. The molecule has 640 valence electrons. The molecule has 4 aromatic carbocycles. The van der Waals surface area contributed by atoms with Gasteiger partial charge in [-0.2, -0.15) is 24.2 Å². The molecule has 8 bridgehead atoms. The molecule has 0 unspecified atom stereocenters. The number of carbonyl (C=O) groups excluding carboxylic acids is 1. The first kappa shape index (κ1) is 84.5. The van der Waals surface area contributed by atoms with Gasteiger partial charge in [-0.3, -0.25) is 63.1 Å². The molecular weight excluding hydrogens is 1800 g/mol. The summed E-state index contributed by atoms with van der Waals surface area (Å²) in [6.45, 7) is 7.02. The van der Waals surface area contributed by atoms with Gasteiger partial charge in [0, 0.05) is 44.5 Å². The first-order valence-corrected chi connectivity index (χ1v) is 41.6. The Bertz CT molecular complexity index is 7020. The molecule has 125 heavy (non-hydrogen) atoms. The van der Waals surface area contributed by atoms with E-state index in [-0.39, 0.29) is 186 Å². The minimum atomic E-state index is -0.969. The average molecular weight is 1860 g/mol. The van der Waals surface area contributed by atoms with Crippen LogP contribution in [0, 0.1) is 6.57 Å². The molecule has 12 aliphatic rings. The maximum Gasteiger partial charge on any atom is 0.365 e. The number of hydrogen-bond donors (Lipinski definition) is 8. The zero-order chi connectivity index (χ0) is 87.8. The highest BCUT2D eigenvalue weighted by atomic mass is 35.5. The molecule has 12 aliphatic carbocycles. The van der Waals surface area contributed by atoms with Crippen LogP contribution in [0.2, 0.25) is 40.2 Å². The summed E-state index contributed by atoms with van der Waals surface area (Å²) in [6.07, 6.45) is 17.5. The Balaban J connectivity index is 0.000000118. The third-order valence-corrected chi connectivity index (χ3v) is 25.5. The van der Waals surface area contributed by atoms with Crippen molar-refractivity contribution in [3.63, 3.8) is 0 Å². The first-order chi connectivity index (χ1) is 60.1. The summed E-state index contributed by atoms with van der Waals surface area (Å²) in [5.41, 5.74) is -0.156. The number of nitrogens with one attached hydrogen (secondary N) is 8. The van der Waals surface area contributed by atoms with Gasteiger partial charge in [0.15, 0.2) is 23.0 Å². The topological polar surface area (TPSA) is 522 Å². The van der Waals surface area contributed by atoms with Gasteiger partial charge in [-0.15, -0.1) is 30.2 Å². The van der Waals surface area contributed by atoms with E-state index in [1.807, 2.05) is 9.97 Å². The minimum absolute atomic E-state index is 0.00776. The van der Waals surface area contributed by atoms with Gasteiger partial charge < -0.3 is 28.5 Å². The molecule has 0 saturated heterocycles. The fourth-order valence-corrected chi connectivity index (χ4v) is 20.1. The molecule has 8 heterocycles. The normalized spacial score (nSPS) is 19.1. The lowest BCUT2D eigenvalue weighted by molar-refractivity contribution is -0.121. The fourth-order valence-electron chi connectivity index (χ4n) is 17.9. The molecule has 0 amide bonds. The van der Waals surface area contributed by atoms with Gasteiger partial charge in [0.2, 0.25) is 23.5 Å². The Morgan fingerprint density at radius 1 is 0.320 bits per heavy atom. The van der Waals surface area contributed by atoms with E-state index in [1.54, 1.807) is 0 Å². The van der Waals surface area contributed by atoms with Gasteiger partial charge in [0.25, 0.3) is 45.4 Å². The van der Waals surface area contributed by atoms with Crippen molar-refractivity contribution < 1.29 is 28.5 Å². The molecule has 4 fully saturated rings. The zero-order valence-electron chi connectivity index (χ0n) is 64.0. The summed E-state index contributed by atoms with van der Waals surface area (Å²) in [7, 11) is 0. The smallest absolute Gasteiger partial charge is 0.365 e. The Labute approximate surface area is 735 Å². The second-order valence-corrected chi connectivity index (χ2v) is 33.6. The summed E-state index contributed by atoms with van der Waals surface area (Å²) >= 11 is 51.2. The number of carbonyl (C=O) groups is 1. The molecule has 12 aromatic rings. The number of rotatable bonds is 14. The quantitative estimate of drug-likeness (QED) is 0.0370. The van der Waals surface area contributed by atoms with Crippen LogP contribution >= 0.6 is 92.8 Å². The van der Waals surface area contributed by atoms with Crippen molar-refractivity contribution in [2.75, 3.05) is 0 Å². The summed E-state index contributed by atoms with van der Waals surface area (Å²) in [4.78, 5) is 165. The number of aromatic nitrogens is 20. The minimum Gasteiger partial charge on any atom is -0.434 e. The van der Waals surface area contributed by atoms with Crippen LogP contribution in [0.1, 0.15) is 195 Å². The highest BCUT2D eigenvalue weighted by Gasteiger charge is 2.43. The number of aromatic amines is 8. The van der Waals surface area contributed by atoms with Crippen molar-refractivity contribution in [3.8, 4) is 75.1 Å². The summed E-state index contributed by atoms with van der Waals surface area (Å²) < 4.78 is 31.9. The predicted octanol–water partition coefficient (Wildman–Crippen LogP) is 11.5. The number of halogens is 8. The molecular formula is C78H59Cl8N21O18. The standard InChI is InChI=1S/C20H14Cl2N6O4.C20H15Cl2N5O6.2C19H15Cl2N5O4/c1-23-16-18(30)24-20(31)28(27-16)10-6-11(21)15(12(22)7-10)32-19-14-9-4-2-8(3-5-9)13(14)17(29)25-26-19;21-11-5-10(27-20(31)23-17(30)19(26-27)32-7-28)6-12(22)15(11)33-18-14-9-3-1-8(2-4-9)13(14)16(29)24-25-18;2*20-11-5-10(26-19(29)23-13(27)7-22-26)6-12(21)16(11)30-18-15-9-3-1-8(2-4-9)14(15)17(28)24-25-18/h6-9H,2-5H2,(H,25,29)(H,24,30,31);5-9H,1-4H2,(H,24,29)(H,23,30,31);2*5-9H,1-4H2,(H,24,28)(H,23,27,29). The lowest BCUT2D eigenvalue weighted by atomic mass is 9.68. The van der Waals surface area contributed by atoms with Crippen molar-refractivity contribution in [1.82, 2.24) is 99.8 Å². The van der Waals surface area contributed by atoms with E-state index in [4.69, 9.17) is 118 Å². The molecule has 0 radical (unpaired) electrons. The molecule has 0 atom stereocenters. The molecule has 4 saturated carbocycles. The van der Waals surface area contributed by atoms with Crippen LogP contribution in [0.4, 0.5) is 5.82 Å². The van der Waals surface area contributed by atoms with E-state index in [0.29, 0.717) is 5.56 Å². The van der Waals surface area contributed by atoms with Crippen molar-refractivity contribution in [1.29, 1.82) is 0 Å². The molecule has 47 heteroatoms. The van der Waals surface area contributed by atoms with Crippen LogP contribution in [0.25, 0.3) is 27.6 Å². The summed E-state index contributed by atoms with van der Waals surface area (Å²) in [5, 5.41) is 42.1. The number of H-pyrrole nitrogens is 8. The largest absolute Gasteiger partial charge is 0.434 e. The average Bonchev–Trinajstić information content (AvgIpc) is 0.756. The van der Waals surface area contributed by atoms with Crippen LogP contribution in [0.3, 0.4) is 0 Å². The van der Waals surface area contributed by atoms with Gasteiger partial charge in [0.05, 0.1) is 62.9 Å². The third kappa shape index (κ3) is 16.2. The summed E-state index contributed by atoms with van der Waals surface area (Å²) in [6, 6.07) is 11.2. The highest BCUT2D eigenvalue weighted by Crippen LogP contribution is 2.56. The molecule has 0 spiro atoms. The molecule has 24 rings (SSSR count). The van der Waals surface area contributed by atoms with Gasteiger partial charge in [0.1, 0.15) is 12.4 Å². The monoisotopic (exact) mass is 1860 g/mol. The number of hydrogen-bond acceptors (Lipinski definition) is 26. The van der Waals surface area contributed by atoms with Gasteiger partial charge in [-0.05, 0) is 204 Å². The maximum absolute atomic E-state index is 12.4. The Morgan fingerprint density at radius 3 is 0.816 bits per heavy atom. The second kappa shape index (κ2) is 34.4. The lowest BCUT2D eigenvalue weighted by Crippen LogP contribution is -2.32. The zero-order valence-corrected chi connectivity index (χ0v) is 70.0. The number of fused-ring (bicyclic) bond motifs is 8. The number of benzene rings is 4. The fraction of sp³-hybridized carbons (Fsp3) is 0.308. The predicted molar refractivity (Wildman–Crippen MR) is 450 cm³/mol. The van der Waals surface area contributed by atoms with Crippen LogP contribution in [0.5, 0.6) is 52.4 Å². The second-order valence-electron chi connectivity index (χ2n) is 30.3. The van der Waals surface area contributed by atoms with E-state index in [2.05, 4.69) is 80.7 Å². The van der Waals surface area contributed by atoms with E-state index in [0.717, 1.165) is 173 Å². The lowest BCUT2D eigenvalue weighted by Gasteiger charge is -2.37. The van der Waals surface area contributed by atoms with Crippen molar-refractivity contribution in [2.24, 2.45) is 0 Å². The Morgan fingerprint density at radius 2 is 0.560 bits per heavy atom. The maximum atomic E-state index is 12.4. The Hall–Kier alpha value is -12.7. The SMILES string of the molecule is O=COc1nn(-c2cc(Cl)c(Oc3n[nH]c(=O)c4c3C3CCC4CC3)c(Cl)c2)c(=O)[nH]c1=O.O=c1cnn(-c2cc(Cl)c(Oc3n[nH]c(=O)c4c3C3CCC4CC3)c(Cl)c2)c(=O)[nH]1.O=c1cnn(-c2cc(Cl)c(Oc3n[nH]c(=O)c4c3C3CCC4CC3)c(Cl)c2)c(=O)[nH]1.[C-]#[N+]c1nn(-c2cc(Cl)c(Oc3n[nH]c(=O)c4c3C3CCC4CC3)c(Cl)c2)c(=O)[nH]c1=O. The number of ether oxygens (including phenoxy) is 5. The van der Waals surface area contributed by atoms with Crippen molar-refractivity contribution in [3.05, 3.63) is 282 Å². The van der Waals surface area contributed by atoms with Crippen LogP contribution in [0.15, 0.2) is 118 Å². The Kier molecular flexibility index (Phi) is 23.3. The highest BCUT2D eigenvalue weighted by molar-refractivity contribution is 6.39. The van der Waals surface area contributed by atoms with Gasteiger partial charge in [-0.1, -0.05) is 99.4 Å². The summed E-state index contributed by atoms with van der Waals surface area (Å²) in [5.74, 6) is 2.00. The van der Waals surface area contributed by atoms with E-state index in [1.165, 1.54) is 48.5 Å². The van der Waals surface area contributed by atoms with Gasteiger partial charge in [-0.25, -0.2) is 39.6 Å². The van der Waals surface area contributed by atoms with Crippen LogP contribution < -0.4 is 90.9 Å². The van der Waals surface area contributed by atoms with Crippen molar-refractivity contribution in [2.45, 2.75) is 150 Å². The molecule has 8 aromatic heterocycles. The molecule has 0 aliphatic heterocycles. The van der Waals surface area contributed by atoms with Crippen LogP contribution in [-0.4, -0.2) is 106 Å². The van der Waals surface area contributed by atoms with E-state index >= 15 is 0 Å². The van der Waals surface area contributed by atoms with Crippen molar-refractivity contribution >= 4 is 105 Å². The first-order valence-electron chi connectivity index (χ1n) is 38.6. The molecule has 8 N–H and O–H groups in total. The van der Waals surface area contributed by atoms with Gasteiger partial charge >= 0.3 is 40.0 Å². The van der Waals surface area contributed by atoms with E-state index < -0.39 is 56.7 Å². The van der Waals surface area contributed by atoms with Crippen LogP contribution in [-0.2, 0) is 4.79 Å².